The second kappa shape index (κ2) is 8.50. The normalized spacial score (nSPS) is 20.6. The zero-order valence-electron chi connectivity index (χ0n) is 16.6. The van der Waals surface area contributed by atoms with Crippen LogP contribution >= 0.6 is 27.5 Å². The molecule has 1 N–H and O–H groups in total. The minimum Gasteiger partial charge on any atom is -0.480 e. The molecule has 0 aromatic heterocycles. The maximum Gasteiger partial charge on any atom is 0.155 e. The van der Waals surface area contributed by atoms with E-state index in [1.807, 2.05) is 51.1 Å². The molecular weight excluding hydrogens is 477 g/mol. The van der Waals surface area contributed by atoms with E-state index < -0.39 is 27.2 Å². The number of nitrogens with one attached hydrogen (secondary N) is 1. The van der Waals surface area contributed by atoms with E-state index in [-0.39, 0.29) is 11.1 Å². The van der Waals surface area contributed by atoms with Crippen molar-refractivity contribution in [2.45, 2.75) is 50.0 Å². The molecule has 2 aromatic carbocycles. The maximum atomic E-state index is 14.3. The van der Waals surface area contributed by atoms with E-state index in [0.717, 1.165) is 11.1 Å². The molecule has 1 aliphatic heterocycles. The molecule has 3 nitrogen and oxygen atoms in total. The molecule has 1 unspecified atom stereocenters. The van der Waals surface area contributed by atoms with E-state index >= 15 is 0 Å². The van der Waals surface area contributed by atoms with Crippen molar-refractivity contribution in [3.05, 3.63) is 75.5 Å². The molecule has 1 heterocycles. The topological polar surface area (TPSA) is 38.3 Å². The van der Waals surface area contributed by atoms with Crippen LogP contribution in [0.1, 0.15) is 38.3 Å². The molecule has 29 heavy (non-hydrogen) atoms. The molecular formula is C22H24BrClFNO2S. The van der Waals surface area contributed by atoms with Crippen LogP contribution in [0.4, 0.5) is 4.39 Å². The van der Waals surface area contributed by atoms with Gasteiger partial charge in [-0.1, -0.05) is 48.0 Å². The van der Waals surface area contributed by atoms with Crippen LogP contribution in [-0.4, -0.2) is 15.0 Å². The number of rotatable bonds is 6. The van der Waals surface area contributed by atoms with Gasteiger partial charge < -0.3 is 4.74 Å². The standard InChI is InChI=1S/C22H24BrClFNO2S/c1-5-9-18(26-29(27)21(2,3)4)22(14-10-7-6-8-11-14)13-15-17(28-22)12-16(25)20(24)19(15)23/h5-8,10-12,18,26H,1,9,13H2,2-4H3/t18-,22-,29?/m0/s1. The summed E-state index contributed by atoms with van der Waals surface area (Å²) in [5, 5.41) is 0.0303. The highest BCUT2D eigenvalue weighted by Crippen LogP contribution is 2.49. The van der Waals surface area contributed by atoms with Gasteiger partial charge in [0.05, 0.1) is 26.8 Å². The molecule has 0 aliphatic carbocycles. The average Bonchev–Trinajstić information content (AvgIpc) is 3.06. The Kier molecular flexibility index (Phi) is 6.59. The molecule has 0 bridgehead atoms. The van der Waals surface area contributed by atoms with Gasteiger partial charge in [0.15, 0.2) is 5.60 Å². The van der Waals surface area contributed by atoms with Crippen LogP contribution in [0.2, 0.25) is 5.02 Å². The van der Waals surface area contributed by atoms with Crippen molar-refractivity contribution in [1.29, 1.82) is 0 Å². The van der Waals surface area contributed by atoms with Crippen molar-refractivity contribution in [3.63, 3.8) is 0 Å². The highest BCUT2D eigenvalue weighted by molar-refractivity contribution is 9.10. The second-order valence-corrected chi connectivity index (χ2v) is 11.2. The Hall–Kier alpha value is -1.21. The fraction of sp³-hybridized carbons (Fsp3) is 0.364. The lowest BCUT2D eigenvalue weighted by atomic mass is 9.81. The maximum absolute atomic E-state index is 14.3. The van der Waals surface area contributed by atoms with Gasteiger partial charge in [-0.3, -0.25) is 0 Å². The van der Waals surface area contributed by atoms with Crippen LogP contribution in [-0.2, 0) is 23.0 Å². The Labute approximate surface area is 187 Å². The van der Waals surface area contributed by atoms with Gasteiger partial charge in [-0.25, -0.2) is 13.3 Å². The minimum absolute atomic E-state index is 0.0303. The average molecular weight is 501 g/mol. The summed E-state index contributed by atoms with van der Waals surface area (Å²) < 4.78 is 37.0. The summed E-state index contributed by atoms with van der Waals surface area (Å²) in [5.74, 6) is -0.118. The van der Waals surface area contributed by atoms with E-state index in [0.29, 0.717) is 23.1 Å². The summed E-state index contributed by atoms with van der Waals surface area (Å²) >= 11 is 9.55. The van der Waals surface area contributed by atoms with Crippen LogP contribution in [0.15, 0.2) is 53.5 Å². The molecule has 2 aromatic rings. The quantitative estimate of drug-likeness (QED) is 0.386. The number of hydrogen-bond acceptors (Lipinski definition) is 2. The zero-order chi connectivity index (χ0) is 21.4. The first-order valence-corrected chi connectivity index (χ1v) is 11.6. The minimum atomic E-state index is -1.33. The van der Waals surface area contributed by atoms with Gasteiger partial charge in [0, 0.05) is 22.5 Å². The molecule has 156 valence electrons. The molecule has 0 spiro atoms. The third-order valence-corrected chi connectivity index (χ3v) is 8.07. The molecule has 0 fully saturated rings. The van der Waals surface area contributed by atoms with Crippen molar-refractivity contribution >= 4 is 38.5 Å². The van der Waals surface area contributed by atoms with Gasteiger partial charge >= 0.3 is 0 Å². The van der Waals surface area contributed by atoms with Gasteiger partial charge in [-0.05, 0) is 48.7 Å². The summed E-state index contributed by atoms with van der Waals surface area (Å²) in [6, 6.07) is 10.7. The fourth-order valence-electron chi connectivity index (χ4n) is 3.44. The van der Waals surface area contributed by atoms with Crippen molar-refractivity contribution < 1.29 is 13.3 Å². The Morgan fingerprint density at radius 3 is 2.66 bits per heavy atom. The first-order valence-electron chi connectivity index (χ1n) is 9.30. The van der Waals surface area contributed by atoms with E-state index in [1.54, 1.807) is 6.08 Å². The zero-order valence-corrected chi connectivity index (χ0v) is 19.8. The summed E-state index contributed by atoms with van der Waals surface area (Å²) in [7, 11) is -1.33. The molecule has 3 rings (SSSR count). The Morgan fingerprint density at radius 1 is 1.41 bits per heavy atom. The van der Waals surface area contributed by atoms with Gasteiger partial charge in [-0.15, -0.1) is 6.58 Å². The SMILES string of the molecule is C=CC[C@H](NS(=O)C(C)(C)C)[C@@]1(c2ccccc2)Cc2c(cc(F)c(Cl)c2Br)O1. The van der Waals surface area contributed by atoms with Gasteiger partial charge in [0.1, 0.15) is 11.6 Å². The van der Waals surface area contributed by atoms with Gasteiger partial charge in [0.2, 0.25) is 0 Å². The lowest BCUT2D eigenvalue weighted by Gasteiger charge is -2.38. The molecule has 1 aliphatic rings. The Morgan fingerprint density at radius 2 is 2.07 bits per heavy atom. The van der Waals surface area contributed by atoms with Crippen LogP contribution in [0.3, 0.4) is 0 Å². The Balaban J connectivity index is 2.14. The molecule has 0 amide bonds. The number of ether oxygens (including phenoxy) is 1. The summed E-state index contributed by atoms with van der Waals surface area (Å²) in [5.41, 5.74) is 0.806. The monoisotopic (exact) mass is 499 g/mol. The summed E-state index contributed by atoms with van der Waals surface area (Å²) in [6.45, 7) is 9.60. The number of fused-ring (bicyclic) bond motifs is 1. The second-order valence-electron chi connectivity index (χ2n) is 8.07. The highest BCUT2D eigenvalue weighted by Gasteiger charge is 2.49. The predicted octanol–water partition coefficient (Wildman–Crippen LogP) is 6.07. The number of halogens is 3. The summed E-state index contributed by atoms with van der Waals surface area (Å²) in [4.78, 5) is 0. The fourth-order valence-corrected chi connectivity index (χ4v) is 5.04. The highest BCUT2D eigenvalue weighted by atomic mass is 79.9. The van der Waals surface area contributed by atoms with E-state index in [2.05, 4.69) is 27.2 Å². The molecule has 3 atom stereocenters. The summed E-state index contributed by atoms with van der Waals surface area (Å²) in [6.07, 6.45) is 2.73. The lowest BCUT2D eigenvalue weighted by Crippen LogP contribution is -2.54. The molecule has 0 radical (unpaired) electrons. The Bertz CT molecular complexity index is 948. The third kappa shape index (κ3) is 4.31. The van der Waals surface area contributed by atoms with Gasteiger partial charge in [0.25, 0.3) is 0 Å². The van der Waals surface area contributed by atoms with E-state index in [1.165, 1.54) is 6.07 Å². The largest absolute Gasteiger partial charge is 0.480 e. The van der Waals surface area contributed by atoms with Crippen molar-refractivity contribution in [3.8, 4) is 5.75 Å². The van der Waals surface area contributed by atoms with Crippen LogP contribution in [0.5, 0.6) is 5.75 Å². The van der Waals surface area contributed by atoms with Gasteiger partial charge in [-0.2, -0.15) is 0 Å². The van der Waals surface area contributed by atoms with Crippen molar-refractivity contribution in [2.24, 2.45) is 0 Å². The first kappa shape index (κ1) is 22.5. The van der Waals surface area contributed by atoms with Crippen LogP contribution < -0.4 is 9.46 Å². The van der Waals surface area contributed by atoms with Crippen molar-refractivity contribution in [1.82, 2.24) is 4.72 Å². The van der Waals surface area contributed by atoms with Crippen molar-refractivity contribution in [2.75, 3.05) is 0 Å². The molecule has 0 saturated heterocycles. The first-order chi connectivity index (χ1) is 13.6. The predicted molar refractivity (Wildman–Crippen MR) is 121 cm³/mol. The van der Waals surface area contributed by atoms with Crippen LogP contribution in [0.25, 0.3) is 0 Å². The number of benzene rings is 2. The third-order valence-electron chi connectivity index (χ3n) is 4.99. The van der Waals surface area contributed by atoms with E-state index in [9.17, 15) is 8.60 Å². The molecule has 7 heteroatoms. The smallest absolute Gasteiger partial charge is 0.155 e. The number of hydrogen-bond donors (Lipinski definition) is 1. The molecule has 0 saturated carbocycles. The van der Waals surface area contributed by atoms with E-state index in [4.69, 9.17) is 16.3 Å². The lowest BCUT2D eigenvalue weighted by molar-refractivity contribution is 0.0566. The van der Waals surface area contributed by atoms with Crippen LogP contribution in [0, 0.1) is 5.82 Å².